The lowest BCUT2D eigenvalue weighted by molar-refractivity contribution is 0.395. The molecule has 0 amide bonds. The van der Waals surface area contributed by atoms with Crippen LogP contribution >= 0.6 is 0 Å². The molecule has 0 atom stereocenters. The second-order valence-corrected chi connectivity index (χ2v) is 4.55. The summed E-state index contributed by atoms with van der Waals surface area (Å²) in [6.07, 6.45) is 0. The zero-order valence-electron chi connectivity index (χ0n) is 9.44. The average Bonchev–Trinajstić information content (AvgIpc) is 2.07. The lowest BCUT2D eigenvalue weighted by Crippen LogP contribution is -2.13. The summed E-state index contributed by atoms with van der Waals surface area (Å²) in [6, 6.07) is 3.31. The lowest BCUT2D eigenvalue weighted by Gasteiger charge is -2.22. The summed E-state index contributed by atoms with van der Waals surface area (Å²) >= 11 is 0. The number of aryl methyl sites for hydroxylation is 1. The molecule has 1 aromatic carbocycles. The molecule has 0 aromatic heterocycles. The van der Waals surface area contributed by atoms with Gasteiger partial charge in [0.05, 0.1) is 7.11 Å². The first-order valence-electron chi connectivity index (χ1n) is 4.71. The van der Waals surface area contributed by atoms with E-state index >= 15 is 0 Å². The van der Waals surface area contributed by atoms with E-state index in [-0.39, 0.29) is 11.2 Å². The van der Waals surface area contributed by atoms with Crippen molar-refractivity contribution in [2.24, 2.45) is 0 Å². The SMILES string of the molecule is COc1cc(C)c(F)cc1C(C)(C)C. The summed E-state index contributed by atoms with van der Waals surface area (Å²) in [4.78, 5) is 0. The Balaban J connectivity index is 3.35. The maximum absolute atomic E-state index is 13.4. The molecule has 0 N–H and O–H groups in total. The van der Waals surface area contributed by atoms with Gasteiger partial charge in [0.1, 0.15) is 11.6 Å². The van der Waals surface area contributed by atoms with Crippen molar-refractivity contribution >= 4 is 0 Å². The first-order chi connectivity index (χ1) is 6.36. The van der Waals surface area contributed by atoms with E-state index in [1.807, 2.05) is 20.8 Å². The van der Waals surface area contributed by atoms with E-state index in [0.29, 0.717) is 5.56 Å². The van der Waals surface area contributed by atoms with Crippen LogP contribution in [0, 0.1) is 12.7 Å². The van der Waals surface area contributed by atoms with Crippen molar-refractivity contribution in [2.45, 2.75) is 33.1 Å². The Morgan fingerprint density at radius 3 is 2.21 bits per heavy atom. The van der Waals surface area contributed by atoms with E-state index in [1.165, 1.54) is 0 Å². The molecular formula is C12H17FO. The third-order valence-corrected chi connectivity index (χ3v) is 2.29. The molecule has 0 spiro atoms. The number of hydrogen-bond donors (Lipinski definition) is 0. The lowest BCUT2D eigenvalue weighted by atomic mass is 9.85. The first kappa shape index (κ1) is 11.0. The van der Waals surface area contributed by atoms with Crippen molar-refractivity contribution < 1.29 is 9.13 Å². The van der Waals surface area contributed by atoms with E-state index in [2.05, 4.69) is 0 Å². The molecule has 0 fully saturated rings. The van der Waals surface area contributed by atoms with Crippen LogP contribution in [0.1, 0.15) is 31.9 Å². The highest BCUT2D eigenvalue weighted by atomic mass is 19.1. The molecule has 1 aromatic rings. The molecule has 14 heavy (non-hydrogen) atoms. The molecule has 1 nitrogen and oxygen atoms in total. The molecule has 0 radical (unpaired) electrons. The Kier molecular flexibility index (Phi) is 2.84. The molecule has 0 saturated carbocycles. The molecule has 0 bridgehead atoms. The van der Waals surface area contributed by atoms with Crippen molar-refractivity contribution in [1.29, 1.82) is 0 Å². The number of halogens is 1. The topological polar surface area (TPSA) is 9.23 Å². The minimum Gasteiger partial charge on any atom is -0.496 e. The number of ether oxygens (including phenoxy) is 1. The minimum absolute atomic E-state index is 0.0973. The van der Waals surface area contributed by atoms with Crippen LogP contribution in [0.3, 0.4) is 0 Å². The summed E-state index contributed by atoms with van der Waals surface area (Å²) in [5, 5.41) is 0. The molecule has 1 rings (SSSR count). The summed E-state index contributed by atoms with van der Waals surface area (Å²) < 4.78 is 18.6. The fourth-order valence-electron chi connectivity index (χ4n) is 1.41. The van der Waals surface area contributed by atoms with Gasteiger partial charge in [0.25, 0.3) is 0 Å². The van der Waals surface area contributed by atoms with Gasteiger partial charge in [-0.2, -0.15) is 0 Å². The fourth-order valence-corrected chi connectivity index (χ4v) is 1.41. The molecule has 0 saturated heterocycles. The third kappa shape index (κ3) is 2.06. The van der Waals surface area contributed by atoms with Crippen LogP contribution < -0.4 is 4.74 Å². The third-order valence-electron chi connectivity index (χ3n) is 2.29. The van der Waals surface area contributed by atoms with Crippen molar-refractivity contribution in [3.8, 4) is 5.75 Å². The molecule has 0 aliphatic carbocycles. The predicted molar refractivity (Wildman–Crippen MR) is 56.4 cm³/mol. The van der Waals surface area contributed by atoms with Crippen LogP contribution in [0.4, 0.5) is 4.39 Å². The van der Waals surface area contributed by atoms with Crippen molar-refractivity contribution in [2.75, 3.05) is 7.11 Å². The average molecular weight is 196 g/mol. The van der Waals surface area contributed by atoms with E-state index in [1.54, 1.807) is 26.2 Å². The maximum atomic E-state index is 13.4. The Morgan fingerprint density at radius 1 is 1.21 bits per heavy atom. The highest BCUT2D eigenvalue weighted by molar-refractivity contribution is 5.42. The van der Waals surface area contributed by atoms with Gasteiger partial charge in [-0.05, 0) is 30.0 Å². The highest BCUT2D eigenvalue weighted by Crippen LogP contribution is 2.32. The zero-order valence-corrected chi connectivity index (χ0v) is 9.44. The summed E-state index contributed by atoms with van der Waals surface area (Å²) in [5.41, 5.74) is 1.43. The zero-order chi connectivity index (χ0) is 10.9. The summed E-state index contributed by atoms with van der Waals surface area (Å²) in [6.45, 7) is 7.86. The van der Waals surface area contributed by atoms with E-state index < -0.39 is 0 Å². The van der Waals surface area contributed by atoms with Gasteiger partial charge < -0.3 is 4.74 Å². The van der Waals surface area contributed by atoms with Gasteiger partial charge in [0.15, 0.2) is 0 Å². The normalized spacial score (nSPS) is 11.6. The number of methoxy groups -OCH3 is 1. The van der Waals surface area contributed by atoms with Gasteiger partial charge in [-0.15, -0.1) is 0 Å². The molecule has 0 aliphatic rings. The van der Waals surface area contributed by atoms with Gasteiger partial charge in [-0.3, -0.25) is 0 Å². The quantitative estimate of drug-likeness (QED) is 0.668. The second kappa shape index (κ2) is 3.60. The smallest absolute Gasteiger partial charge is 0.126 e. The van der Waals surface area contributed by atoms with Gasteiger partial charge in [0.2, 0.25) is 0 Å². The predicted octanol–water partition coefficient (Wildman–Crippen LogP) is 3.44. The molecule has 0 unspecified atom stereocenters. The van der Waals surface area contributed by atoms with Crippen LogP contribution in [-0.4, -0.2) is 7.11 Å². The minimum atomic E-state index is -0.171. The van der Waals surface area contributed by atoms with Crippen LogP contribution in [0.15, 0.2) is 12.1 Å². The van der Waals surface area contributed by atoms with Crippen LogP contribution in [-0.2, 0) is 5.41 Å². The maximum Gasteiger partial charge on any atom is 0.126 e. The molecule has 0 heterocycles. The molecule has 0 aliphatic heterocycles. The Bertz CT molecular complexity index is 337. The van der Waals surface area contributed by atoms with Crippen LogP contribution in [0.2, 0.25) is 0 Å². The van der Waals surface area contributed by atoms with Gasteiger partial charge in [-0.1, -0.05) is 20.8 Å². The summed E-state index contributed by atoms with van der Waals surface area (Å²) in [5.74, 6) is 0.590. The van der Waals surface area contributed by atoms with Crippen LogP contribution in [0.5, 0.6) is 5.75 Å². The van der Waals surface area contributed by atoms with Crippen molar-refractivity contribution in [1.82, 2.24) is 0 Å². The molecular weight excluding hydrogens is 179 g/mol. The number of benzene rings is 1. The Labute approximate surface area is 84.9 Å². The highest BCUT2D eigenvalue weighted by Gasteiger charge is 2.20. The summed E-state index contributed by atoms with van der Waals surface area (Å²) in [7, 11) is 1.61. The number of hydrogen-bond acceptors (Lipinski definition) is 1. The largest absolute Gasteiger partial charge is 0.496 e. The van der Waals surface area contributed by atoms with Gasteiger partial charge >= 0.3 is 0 Å². The van der Waals surface area contributed by atoms with Gasteiger partial charge in [0, 0.05) is 5.56 Å². The number of rotatable bonds is 1. The van der Waals surface area contributed by atoms with Crippen LogP contribution in [0.25, 0.3) is 0 Å². The second-order valence-electron chi connectivity index (χ2n) is 4.55. The Morgan fingerprint density at radius 2 is 1.79 bits per heavy atom. The Hall–Kier alpha value is -1.05. The standard InChI is InChI=1S/C12H17FO/c1-8-6-11(14-5)9(7-10(8)13)12(2,3)4/h6-7H,1-5H3. The van der Waals surface area contributed by atoms with Crippen molar-refractivity contribution in [3.63, 3.8) is 0 Å². The first-order valence-corrected chi connectivity index (χ1v) is 4.71. The monoisotopic (exact) mass is 196 g/mol. The van der Waals surface area contributed by atoms with Gasteiger partial charge in [-0.25, -0.2) is 4.39 Å². The van der Waals surface area contributed by atoms with E-state index in [9.17, 15) is 4.39 Å². The molecule has 2 heteroatoms. The van der Waals surface area contributed by atoms with E-state index in [4.69, 9.17) is 4.74 Å². The van der Waals surface area contributed by atoms with Crippen molar-refractivity contribution in [3.05, 3.63) is 29.1 Å². The van der Waals surface area contributed by atoms with E-state index in [0.717, 1.165) is 11.3 Å². The molecule has 78 valence electrons. The fraction of sp³-hybridized carbons (Fsp3) is 0.500.